The van der Waals surface area contributed by atoms with Crippen LogP contribution in [0.5, 0.6) is 11.5 Å². The number of urea groups is 1. The Labute approximate surface area is 190 Å². The Kier molecular flexibility index (Phi) is 7.17. The van der Waals surface area contributed by atoms with Crippen molar-refractivity contribution in [3.63, 3.8) is 0 Å². The Balaban J connectivity index is 2.06. The van der Waals surface area contributed by atoms with E-state index in [-0.39, 0.29) is 41.5 Å². The molecule has 10 heteroatoms. The Morgan fingerprint density at radius 3 is 2.58 bits per heavy atom. The number of nitrogens with one attached hydrogen (secondary N) is 2. The molecule has 1 atom stereocenters. The zero-order valence-electron chi connectivity index (χ0n) is 18.8. The van der Waals surface area contributed by atoms with Crippen LogP contribution in [0.15, 0.2) is 47.7 Å². The van der Waals surface area contributed by atoms with Crippen LogP contribution in [0.1, 0.15) is 36.6 Å². The van der Waals surface area contributed by atoms with Gasteiger partial charge in [-0.05, 0) is 43.5 Å². The van der Waals surface area contributed by atoms with Gasteiger partial charge in [0.15, 0.2) is 5.75 Å². The number of nitro groups is 1. The minimum atomic E-state index is -0.976. The fraction of sp³-hybridized carbons (Fsp3) is 0.304. The van der Waals surface area contributed by atoms with Crippen LogP contribution in [0, 0.1) is 17.0 Å². The molecule has 0 saturated carbocycles. The van der Waals surface area contributed by atoms with Gasteiger partial charge in [-0.1, -0.05) is 24.3 Å². The molecule has 3 rings (SSSR count). The van der Waals surface area contributed by atoms with Crippen LogP contribution in [0.3, 0.4) is 0 Å². The quantitative estimate of drug-likeness (QED) is 0.353. The van der Waals surface area contributed by atoms with E-state index in [1.54, 1.807) is 13.8 Å². The minimum Gasteiger partial charge on any atom is -0.493 e. The third-order valence-corrected chi connectivity index (χ3v) is 5.21. The average Bonchev–Trinajstić information content (AvgIpc) is 2.77. The zero-order chi connectivity index (χ0) is 24.1. The van der Waals surface area contributed by atoms with Gasteiger partial charge in [0.1, 0.15) is 6.61 Å². The molecule has 1 aliphatic rings. The SMILES string of the molecule is CCOC(=O)C1=C(C)NC(=O)NC1c1cc(OC)c(OCc2ccccc2C)c([N+](=O)[O-])c1. The maximum Gasteiger partial charge on any atom is 0.338 e. The van der Waals surface area contributed by atoms with E-state index in [2.05, 4.69) is 10.6 Å². The van der Waals surface area contributed by atoms with Crippen molar-refractivity contribution in [2.24, 2.45) is 0 Å². The number of aryl methyl sites for hydroxylation is 1. The fourth-order valence-corrected chi connectivity index (χ4v) is 3.55. The molecule has 0 spiro atoms. The van der Waals surface area contributed by atoms with Crippen LogP contribution in [0.25, 0.3) is 0 Å². The second-order valence-corrected chi connectivity index (χ2v) is 7.33. The molecule has 10 nitrogen and oxygen atoms in total. The Morgan fingerprint density at radius 1 is 1.21 bits per heavy atom. The van der Waals surface area contributed by atoms with Gasteiger partial charge in [0.2, 0.25) is 5.75 Å². The first-order valence-electron chi connectivity index (χ1n) is 10.3. The van der Waals surface area contributed by atoms with Crippen molar-refractivity contribution in [2.45, 2.75) is 33.4 Å². The van der Waals surface area contributed by atoms with E-state index in [0.29, 0.717) is 5.70 Å². The average molecular weight is 455 g/mol. The van der Waals surface area contributed by atoms with Gasteiger partial charge in [0.05, 0.1) is 30.3 Å². The number of carbonyl (C=O) groups is 2. The first kappa shape index (κ1) is 23.6. The highest BCUT2D eigenvalue weighted by Gasteiger charge is 2.35. The Bertz CT molecular complexity index is 1130. The van der Waals surface area contributed by atoms with E-state index in [1.165, 1.54) is 19.2 Å². The molecule has 1 aliphatic heterocycles. The van der Waals surface area contributed by atoms with Crippen molar-refractivity contribution >= 4 is 17.7 Å². The van der Waals surface area contributed by atoms with Gasteiger partial charge in [0.25, 0.3) is 0 Å². The number of methoxy groups -OCH3 is 1. The van der Waals surface area contributed by atoms with E-state index in [1.807, 2.05) is 31.2 Å². The number of allylic oxidation sites excluding steroid dienone is 1. The summed E-state index contributed by atoms with van der Waals surface area (Å²) in [6.45, 7) is 5.36. The summed E-state index contributed by atoms with van der Waals surface area (Å²) >= 11 is 0. The van der Waals surface area contributed by atoms with Crippen LogP contribution < -0.4 is 20.1 Å². The molecule has 33 heavy (non-hydrogen) atoms. The molecular formula is C23H25N3O7. The highest BCUT2D eigenvalue weighted by Crippen LogP contribution is 2.42. The van der Waals surface area contributed by atoms with Gasteiger partial charge in [-0.15, -0.1) is 0 Å². The molecule has 0 aliphatic carbocycles. The third kappa shape index (κ3) is 5.05. The van der Waals surface area contributed by atoms with E-state index in [4.69, 9.17) is 14.2 Å². The number of hydrogen-bond donors (Lipinski definition) is 2. The summed E-state index contributed by atoms with van der Waals surface area (Å²) in [7, 11) is 1.36. The third-order valence-electron chi connectivity index (χ3n) is 5.21. The lowest BCUT2D eigenvalue weighted by Crippen LogP contribution is -2.45. The van der Waals surface area contributed by atoms with Crippen LogP contribution in [0.4, 0.5) is 10.5 Å². The van der Waals surface area contributed by atoms with Gasteiger partial charge < -0.3 is 24.8 Å². The molecule has 0 aromatic heterocycles. The predicted molar refractivity (Wildman–Crippen MR) is 119 cm³/mol. The number of carbonyl (C=O) groups excluding carboxylic acids is 2. The Hall–Kier alpha value is -4.08. The summed E-state index contributed by atoms with van der Waals surface area (Å²) < 4.78 is 16.3. The van der Waals surface area contributed by atoms with Crippen molar-refractivity contribution in [1.29, 1.82) is 0 Å². The van der Waals surface area contributed by atoms with Gasteiger partial charge in [0, 0.05) is 11.8 Å². The van der Waals surface area contributed by atoms with Gasteiger partial charge >= 0.3 is 17.7 Å². The van der Waals surface area contributed by atoms with Crippen molar-refractivity contribution in [1.82, 2.24) is 10.6 Å². The summed E-state index contributed by atoms with van der Waals surface area (Å²) in [6, 6.07) is 8.76. The number of amides is 2. The number of ether oxygens (including phenoxy) is 3. The van der Waals surface area contributed by atoms with Crippen molar-refractivity contribution in [2.75, 3.05) is 13.7 Å². The van der Waals surface area contributed by atoms with Crippen LogP contribution >= 0.6 is 0 Å². The van der Waals surface area contributed by atoms with E-state index >= 15 is 0 Å². The van der Waals surface area contributed by atoms with Crippen LogP contribution in [0.2, 0.25) is 0 Å². The molecule has 1 heterocycles. The molecule has 2 aromatic rings. The molecule has 1 unspecified atom stereocenters. The number of hydrogen-bond acceptors (Lipinski definition) is 7. The minimum absolute atomic E-state index is 0.0480. The lowest BCUT2D eigenvalue weighted by atomic mass is 9.94. The first-order chi connectivity index (χ1) is 15.8. The lowest BCUT2D eigenvalue weighted by Gasteiger charge is -2.28. The predicted octanol–water partition coefficient (Wildman–Crippen LogP) is 3.68. The second-order valence-electron chi connectivity index (χ2n) is 7.33. The van der Waals surface area contributed by atoms with E-state index in [9.17, 15) is 19.7 Å². The first-order valence-corrected chi connectivity index (χ1v) is 10.3. The monoisotopic (exact) mass is 455 g/mol. The number of benzene rings is 2. The summed E-state index contributed by atoms with van der Waals surface area (Å²) in [5.74, 6) is -0.594. The molecule has 2 amide bonds. The molecule has 0 saturated heterocycles. The van der Waals surface area contributed by atoms with Gasteiger partial charge in [-0.3, -0.25) is 10.1 Å². The zero-order valence-corrected chi connectivity index (χ0v) is 18.8. The Morgan fingerprint density at radius 2 is 1.94 bits per heavy atom. The largest absolute Gasteiger partial charge is 0.493 e. The highest BCUT2D eigenvalue weighted by atomic mass is 16.6. The maximum absolute atomic E-state index is 12.6. The standard InChI is InChI=1S/C23H25N3O7/c1-5-32-22(27)19-14(3)24-23(28)25-20(19)16-10-17(26(29)30)21(18(11-16)31-4)33-12-15-9-7-6-8-13(15)2/h6-11,20H,5,12H2,1-4H3,(H2,24,25,28). The fourth-order valence-electron chi connectivity index (χ4n) is 3.55. The molecule has 0 radical (unpaired) electrons. The summed E-state index contributed by atoms with van der Waals surface area (Å²) in [4.78, 5) is 36.0. The maximum atomic E-state index is 12.6. The number of esters is 1. The van der Waals surface area contributed by atoms with Crippen molar-refractivity contribution in [3.8, 4) is 11.5 Å². The van der Waals surface area contributed by atoms with Crippen molar-refractivity contribution < 1.29 is 28.7 Å². The second kappa shape index (κ2) is 10.0. The lowest BCUT2D eigenvalue weighted by molar-refractivity contribution is -0.386. The van der Waals surface area contributed by atoms with Crippen LogP contribution in [-0.2, 0) is 16.1 Å². The number of rotatable bonds is 8. The summed E-state index contributed by atoms with van der Waals surface area (Å²) in [5, 5.41) is 17.1. The van der Waals surface area contributed by atoms with Gasteiger partial charge in [-0.25, -0.2) is 9.59 Å². The van der Waals surface area contributed by atoms with E-state index in [0.717, 1.165) is 11.1 Å². The molecular weight excluding hydrogens is 430 g/mol. The molecule has 0 bridgehead atoms. The smallest absolute Gasteiger partial charge is 0.338 e. The molecule has 174 valence electrons. The number of nitro benzene ring substituents is 1. The van der Waals surface area contributed by atoms with E-state index < -0.39 is 23.0 Å². The van der Waals surface area contributed by atoms with Gasteiger partial charge in [-0.2, -0.15) is 0 Å². The molecule has 0 fully saturated rings. The van der Waals surface area contributed by atoms with Crippen LogP contribution in [-0.4, -0.2) is 30.6 Å². The topological polar surface area (TPSA) is 129 Å². The molecule has 2 aromatic carbocycles. The van der Waals surface area contributed by atoms with Crippen molar-refractivity contribution in [3.05, 3.63) is 74.5 Å². The summed E-state index contributed by atoms with van der Waals surface area (Å²) in [6.07, 6.45) is 0. The molecule has 2 N–H and O–H groups in total. The summed E-state index contributed by atoms with van der Waals surface area (Å²) in [5.41, 5.74) is 2.20. The highest BCUT2D eigenvalue weighted by molar-refractivity contribution is 5.95. The normalized spacial score (nSPS) is 15.4. The number of nitrogens with zero attached hydrogens (tertiary/aromatic N) is 1.